The van der Waals surface area contributed by atoms with Gasteiger partial charge < -0.3 is 5.11 Å². The predicted octanol–water partition coefficient (Wildman–Crippen LogP) is 3.60. The van der Waals surface area contributed by atoms with E-state index in [9.17, 15) is 4.79 Å². The molecule has 0 bridgehead atoms. The molecule has 0 aliphatic heterocycles. The monoisotopic (exact) mass is 335 g/mol. The van der Waals surface area contributed by atoms with E-state index in [0.717, 1.165) is 4.47 Å². The van der Waals surface area contributed by atoms with Crippen LogP contribution in [0, 0.1) is 11.8 Å². The number of pyridine rings is 1. The van der Waals surface area contributed by atoms with Gasteiger partial charge in [-0.15, -0.1) is 0 Å². The van der Waals surface area contributed by atoms with Crippen LogP contribution in [0.15, 0.2) is 41.1 Å². The summed E-state index contributed by atoms with van der Waals surface area (Å²) < 4.78 is 0.824. The van der Waals surface area contributed by atoms with Crippen LogP contribution in [-0.4, -0.2) is 16.1 Å². The van der Waals surface area contributed by atoms with Crippen LogP contribution < -0.4 is 0 Å². The van der Waals surface area contributed by atoms with Crippen molar-refractivity contribution in [3.8, 4) is 11.8 Å². The highest BCUT2D eigenvalue weighted by molar-refractivity contribution is 9.10. The molecule has 1 aromatic carbocycles. The Morgan fingerprint density at radius 2 is 2.05 bits per heavy atom. The van der Waals surface area contributed by atoms with Gasteiger partial charge in [-0.05, 0) is 40.2 Å². The Labute approximate surface area is 123 Å². The van der Waals surface area contributed by atoms with Crippen molar-refractivity contribution in [2.45, 2.75) is 0 Å². The molecule has 1 N–H and O–H groups in total. The lowest BCUT2D eigenvalue weighted by molar-refractivity contribution is 0.0697. The summed E-state index contributed by atoms with van der Waals surface area (Å²) in [5.74, 6) is 4.72. The van der Waals surface area contributed by atoms with E-state index in [-0.39, 0.29) is 5.56 Å². The minimum absolute atomic E-state index is 0.154. The minimum atomic E-state index is -1.01. The average Bonchev–Trinajstić information content (AvgIpc) is 2.37. The molecule has 0 aliphatic carbocycles. The van der Waals surface area contributed by atoms with Crippen LogP contribution in [0.25, 0.3) is 0 Å². The van der Waals surface area contributed by atoms with E-state index in [1.807, 2.05) is 6.07 Å². The Morgan fingerprint density at radius 3 is 2.74 bits per heavy atom. The van der Waals surface area contributed by atoms with Crippen molar-refractivity contribution in [2.75, 3.05) is 0 Å². The van der Waals surface area contributed by atoms with Crippen molar-refractivity contribution in [3.05, 3.63) is 62.8 Å². The largest absolute Gasteiger partial charge is 0.478 e. The molecule has 0 saturated heterocycles. The van der Waals surface area contributed by atoms with Gasteiger partial charge in [0, 0.05) is 28.0 Å². The molecule has 0 unspecified atom stereocenters. The zero-order chi connectivity index (χ0) is 13.8. The molecule has 5 heteroatoms. The smallest absolute Gasteiger partial charge is 0.335 e. The van der Waals surface area contributed by atoms with E-state index < -0.39 is 5.97 Å². The predicted molar refractivity (Wildman–Crippen MR) is 76.3 cm³/mol. The topological polar surface area (TPSA) is 50.2 Å². The van der Waals surface area contributed by atoms with Crippen molar-refractivity contribution in [2.24, 2.45) is 0 Å². The van der Waals surface area contributed by atoms with E-state index in [0.29, 0.717) is 16.1 Å². The van der Waals surface area contributed by atoms with Gasteiger partial charge in [-0.3, -0.25) is 4.98 Å². The number of carboxylic acids is 1. The van der Waals surface area contributed by atoms with Gasteiger partial charge in [-0.2, -0.15) is 0 Å². The Morgan fingerprint density at radius 1 is 1.26 bits per heavy atom. The fraction of sp³-hybridized carbons (Fsp3) is 0. The van der Waals surface area contributed by atoms with Gasteiger partial charge in [-0.25, -0.2) is 4.79 Å². The summed E-state index contributed by atoms with van der Waals surface area (Å²) in [5, 5.41) is 9.33. The minimum Gasteiger partial charge on any atom is -0.478 e. The molecular formula is C14H7BrClNO2. The number of aromatic nitrogens is 1. The fourth-order valence-corrected chi connectivity index (χ4v) is 1.90. The highest BCUT2D eigenvalue weighted by Gasteiger charge is 2.05. The summed E-state index contributed by atoms with van der Waals surface area (Å²) in [5.41, 5.74) is 1.34. The van der Waals surface area contributed by atoms with Gasteiger partial charge in [0.2, 0.25) is 0 Å². The molecule has 0 amide bonds. The van der Waals surface area contributed by atoms with Crippen molar-refractivity contribution < 1.29 is 9.90 Å². The summed E-state index contributed by atoms with van der Waals surface area (Å²) in [6, 6.07) is 6.22. The third-order valence-electron chi connectivity index (χ3n) is 2.26. The van der Waals surface area contributed by atoms with Gasteiger partial charge in [0.1, 0.15) is 0 Å². The Balaban J connectivity index is 2.39. The zero-order valence-electron chi connectivity index (χ0n) is 9.52. The van der Waals surface area contributed by atoms with Gasteiger partial charge >= 0.3 is 5.97 Å². The number of halogens is 2. The third kappa shape index (κ3) is 3.57. The summed E-state index contributed by atoms with van der Waals surface area (Å²) in [4.78, 5) is 14.9. The number of aromatic carboxylic acids is 1. The number of hydrogen-bond acceptors (Lipinski definition) is 2. The van der Waals surface area contributed by atoms with E-state index in [2.05, 4.69) is 32.8 Å². The lowest BCUT2D eigenvalue weighted by Gasteiger charge is -1.98. The summed E-state index contributed by atoms with van der Waals surface area (Å²) in [6.07, 6.45) is 3.27. The van der Waals surface area contributed by atoms with E-state index in [1.165, 1.54) is 18.2 Å². The first-order valence-electron chi connectivity index (χ1n) is 5.21. The second-order valence-corrected chi connectivity index (χ2v) is 4.96. The molecule has 0 fully saturated rings. The molecule has 2 aromatic rings. The first-order chi connectivity index (χ1) is 9.06. The van der Waals surface area contributed by atoms with Gasteiger partial charge in [0.25, 0.3) is 0 Å². The number of carbonyl (C=O) groups is 1. The molecule has 0 saturated carbocycles. The molecular weight excluding hydrogens is 330 g/mol. The maximum Gasteiger partial charge on any atom is 0.335 e. The number of nitrogens with zero attached hydrogens (tertiary/aromatic N) is 1. The highest BCUT2D eigenvalue weighted by atomic mass is 79.9. The van der Waals surface area contributed by atoms with Crippen molar-refractivity contribution in [1.29, 1.82) is 0 Å². The van der Waals surface area contributed by atoms with E-state index in [1.54, 1.807) is 12.4 Å². The number of benzene rings is 1. The molecule has 19 heavy (non-hydrogen) atoms. The van der Waals surface area contributed by atoms with Crippen LogP contribution in [0.3, 0.4) is 0 Å². The third-order valence-corrected chi connectivity index (χ3v) is 3.02. The normalized spacial score (nSPS) is 9.58. The maximum absolute atomic E-state index is 10.9. The van der Waals surface area contributed by atoms with Crippen molar-refractivity contribution >= 4 is 33.5 Å². The maximum atomic E-state index is 10.9. The lowest BCUT2D eigenvalue weighted by atomic mass is 10.1. The molecule has 3 nitrogen and oxygen atoms in total. The van der Waals surface area contributed by atoms with Crippen LogP contribution in [0.1, 0.15) is 21.5 Å². The van der Waals surface area contributed by atoms with Crippen LogP contribution in [0.2, 0.25) is 5.02 Å². The summed E-state index contributed by atoms with van der Waals surface area (Å²) in [7, 11) is 0. The number of hydrogen-bond donors (Lipinski definition) is 1. The van der Waals surface area contributed by atoms with Crippen molar-refractivity contribution in [1.82, 2.24) is 4.98 Å². The second kappa shape index (κ2) is 5.87. The molecule has 0 spiro atoms. The Kier molecular flexibility index (Phi) is 4.20. The van der Waals surface area contributed by atoms with Crippen LogP contribution in [0.4, 0.5) is 0 Å². The molecule has 0 radical (unpaired) electrons. The van der Waals surface area contributed by atoms with Crippen LogP contribution in [0.5, 0.6) is 0 Å². The second-order valence-electron chi connectivity index (χ2n) is 3.64. The first-order valence-corrected chi connectivity index (χ1v) is 6.39. The van der Waals surface area contributed by atoms with Gasteiger partial charge in [0.05, 0.1) is 10.6 Å². The van der Waals surface area contributed by atoms with Gasteiger partial charge in [0.15, 0.2) is 0 Å². The zero-order valence-corrected chi connectivity index (χ0v) is 11.9. The van der Waals surface area contributed by atoms with Gasteiger partial charge in [-0.1, -0.05) is 23.4 Å². The molecule has 0 aliphatic rings. The summed E-state index contributed by atoms with van der Waals surface area (Å²) >= 11 is 9.28. The molecule has 0 atom stereocenters. The Bertz CT molecular complexity index is 704. The quantitative estimate of drug-likeness (QED) is 0.810. The summed E-state index contributed by atoms with van der Waals surface area (Å²) in [6.45, 7) is 0. The average molecular weight is 337 g/mol. The van der Waals surface area contributed by atoms with E-state index in [4.69, 9.17) is 16.7 Å². The highest BCUT2D eigenvalue weighted by Crippen LogP contribution is 2.17. The lowest BCUT2D eigenvalue weighted by Crippen LogP contribution is -1.96. The number of carboxylic acid groups (broad SMARTS) is 1. The SMILES string of the molecule is O=C(O)c1ccc(Cl)c(C#Cc2cncc(Br)c2)c1. The van der Waals surface area contributed by atoms with E-state index >= 15 is 0 Å². The molecule has 2 rings (SSSR count). The molecule has 1 aromatic heterocycles. The molecule has 1 heterocycles. The standard InChI is InChI=1S/C14H7BrClNO2/c15-12-5-9(7-17-8-12)1-2-10-6-11(14(18)19)3-4-13(10)16/h3-8H,(H,18,19). The van der Waals surface area contributed by atoms with Crippen LogP contribution >= 0.6 is 27.5 Å². The molecule has 94 valence electrons. The van der Waals surface area contributed by atoms with Crippen LogP contribution in [-0.2, 0) is 0 Å². The Hall–Kier alpha value is -1.83. The first kappa shape index (κ1) is 13.6. The number of rotatable bonds is 1. The van der Waals surface area contributed by atoms with Crippen molar-refractivity contribution in [3.63, 3.8) is 0 Å². The fourth-order valence-electron chi connectivity index (χ4n) is 1.37.